The van der Waals surface area contributed by atoms with Crippen LogP contribution in [0.1, 0.15) is 0 Å². The number of anilines is 3. The van der Waals surface area contributed by atoms with Crippen LogP contribution in [0, 0.1) is 5.82 Å². The molecule has 0 fully saturated rings. The van der Waals surface area contributed by atoms with Crippen LogP contribution in [0.3, 0.4) is 0 Å². The second-order valence-electron chi connectivity index (χ2n) is 3.36. The Morgan fingerprint density at radius 3 is 2.68 bits per heavy atom. The highest BCUT2D eigenvalue weighted by atomic mass is 79.9. The third kappa shape index (κ3) is 3.26. The van der Waals surface area contributed by atoms with Crippen LogP contribution in [0.4, 0.5) is 22.0 Å². The Balaban J connectivity index is 2.34. The van der Waals surface area contributed by atoms with E-state index < -0.39 is 0 Å². The number of hydrogen-bond acceptors (Lipinski definition) is 7. The van der Waals surface area contributed by atoms with Crippen molar-refractivity contribution in [1.82, 2.24) is 15.0 Å². The summed E-state index contributed by atoms with van der Waals surface area (Å²) in [6, 6.07) is 4.28. The van der Waals surface area contributed by atoms with E-state index in [4.69, 9.17) is 10.6 Å². The topological polar surface area (TPSA) is 98.0 Å². The van der Waals surface area contributed by atoms with E-state index >= 15 is 0 Å². The van der Waals surface area contributed by atoms with Crippen molar-refractivity contribution in [2.45, 2.75) is 0 Å². The molecule has 1 aromatic heterocycles. The van der Waals surface area contributed by atoms with E-state index in [9.17, 15) is 4.39 Å². The molecule has 0 aliphatic rings. The van der Waals surface area contributed by atoms with Crippen LogP contribution < -0.4 is 21.3 Å². The Hall–Kier alpha value is -2.00. The largest absolute Gasteiger partial charge is 0.467 e. The zero-order valence-electron chi connectivity index (χ0n) is 9.82. The molecule has 9 heteroatoms. The zero-order chi connectivity index (χ0) is 13.8. The van der Waals surface area contributed by atoms with Gasteiger partial charge in [0.25, 0.3) is 0 Å². The van der Waals surface area contributed by atoms with Crippen LogP contribution in [-0.2, 0) is 0 Å². The normalized spacial score (nSPS) is 10.1. The molecule has 1 heterocycles. The van der Waals surface area contributed by atoms with Gasteiger partial charge >= 0.3 is 6.01 Å². The molecule has 0 aliphatic carbocycles. The zero-order valence-corrected chi connectivity index (χ0v) is 11.4. The first-order chi connectivity index (χ1) is 9.12. The van der Waals surface area contributed by atoms with Crippen molar-refractivity contribution in [2.75, 3.05) is 17.9 Å². The maximum Gasteiger partial charge on any atom is 0.322 e. The Bertz CT molecular complexity index is 574. The number of hydrogen-bond donors (Lipinski definition) is 3. The van der Waals surface area contributed by atoms with Gasteiger partial charge in [0.05, 0.1) is 12.8 Å². The van der Waals surface area contributed by atoms with Crippen molar-refractivity contribution in [1.29, 1.82) is 0 Å². The Labute approximate surface area is 116 Å². The fourth-order valence-electron chi connectivity index (χ4n) is 1.28. The molecule has 0 unspecified atom stereocenters. The molecule has 0 saturated carbocycles. The lowest BCUT2D eigenvalue weighted by Crippen LogP contribution is -2.13. The van der Waals surface area contributed by atoms with Gasteiger partial charge in [0, 0.05) is 4.47 Å². The summed E-state index contributed by atoms with van der Waals surface area (Å²) in [4.78, 5) is 11.8. The van der Waals surface area contributed by atoms with E-state index in [1.807, 2.05) is 0 Å². The van der Waals surface area contributed by atoms with Gasteiger partial charge in [-0.1, -0.05) is 0 Å². The van der Waals surface area contributed by atoms with Crippen LogP contribution in [0.15, 0.2) is 22.7 Å². The summed E-state index contributed by atoms with van der Waals surface area (Å²) in [7, 11) is 1.41. The summed E-state index contributed by atoms with van der Waals surface area (Å²) in [5.74, 6) is 5.15. The molecule has 100 valence electrons. The quantitative estimate of drug-likeness (QED) is 0.581. The number of rotatable bonds is 4. The number of hydrazine groups is 1. The molecule has 1 aromatic carbocycles. The number of aromatic nitrogens is 3. The third-order valence-electron chi connectivity index (χ3n) is 2.10. The van der Waals surface area contributed by atoms with Gasteiger partial charge in [-0.3, -0.25) is 5.43 Å². The summed E-state index contributed by atoms with van der Waals surface area (Å²) < 4.78 is 18.7. The molecule has 0 amide bonds. The maximum absolute atomic E-state index is 13.2. The van der Waals surface area contributed by atoms with Crippen LogP contribution in [0.2, 0.25) is 0 Å². The average molecular weight is 329 g/mol. The van der Waals surface area contributed by atoms with Crippen molar-refractivity contribution in [3.8, 4) is 6.01 Å². The molecule has 0 saturated heterocycles. The van der Waals surface area contributed by atoms with Crippen LogP contribution in [0.5, 0.6) is 6.01 Å². The number of nitrogens with one attached hydrogen (secondary N) is 2. The summed E-state index contributed by atoms with van der Waals surface area (Å²) in [6.45, 7) is 0. The Morgan fingerprint density at radius 1 is 1.26 bits per heavy atom. The summed E-state index contributed by atoms with van der Waals surface area (Å²) in [6.07, 6.45) is 0. The number of ether oxygens (including phenoxy) is 1. The van der Waals surface area contributed by atoms with Crippen molar-refractivity contribution in [3.05, 3.63) is 28.5 Å². The van der Waals surface area contributed by atoms with Crippen molar-refractivity contribution >= 4 is 33.5 Å². The molecule has 2 rings (SSSR count). The first-order valence-corrected chi connectivity index (χ1v) is 5.90. The third-order valence-corrected chi connectivity index (χ3v) is 2.79. The monoisotopic (exact) mass is 328 g/mol. The molecular formula is C10H10BrFN6O. The molecule has 0 radical (unpaired) electrons. The molecular weight excluding hydrogens is 319 g/mol. The lowest BCUT2D eigenvalue weighted by atomic mass is 10.3. The second-order valence-corrected chi connectivity index (χ2v) is 4.22. The lowest BCUT2D eigenvalue weighted by Gasteiger charge is -2.09. The molecule has 4 N–H and O–H groups in total. The molecule has 19 heavy (non-hydrogen) atoms. The number of benzene rings is 1. The van der Waals surface area contributed by atoms with E-state index in [1.54, 1.807) is 6.07 Å². The average Bonchev–Trinajstić information content (AvgIpc) is 2.42. The smallest absolute Gasteiger partial charge is 0.322 e. The van der Waals surface area contributed by atoms with Crippen molar-refractivity contribution in [3.63, 3.8) is 0 Å². The fraction of sp³-hybridized carbons (Fsp3) is 0.100. The number of methoxy groups -OCH3 is 1. The van der Waals surface area contributed by atoms with Crippen molar-refractivity contribution in [2.24, 2.45) is 5.84 Å². The minimum atomic E-state index is -0.385. The highest BCUT2D eigenvalue weighted by Crippen LogP contribution is 2.25. The summed E-state index contributed by atoms with van der Waals surface area (Å²) >= 11 is 3.29. The van der Waals surface area contributed by atoms with Crippen LogP contribution >= 0.6 is 15.9 Å². The lowest BCUT2D eigenvalue weighted by molar-refractivity contribution is 0.379. The SMILES string of the molecule is COc1nc(NN)nc(Nc2cc(F)ccc2Br)n1. The second kappa shape index (κ2) is 5.76. The van der Waals surface area contributed by atoms with Gasteiger partial charge < -0.3 is 10.1 Å². The van der Waals surface area contributed by atoms with Gasteiger partial charge in [-0.05, 0) is 34.1 Å². The highest BCUT2D eigenvalue weighted by Gasteiger charge is 2.08. The molecule has 0 atom stereocenters. The predicted octanol–water partition coefficient (Wildman–Crippen LogP) is 1.81. The predicted molar refractivity (Wildman–Crippen MR) is 71.6 cm³/mol. The molecule has 0 aliphatic heterocycles. The first-order valence-electron chi connectivity index (χ1n) is 5.11. The van der Waals surface area contributed by atoms with Gasteiger partial charge in [-0.25, -0.2) is 10.2 Å². The van der Waals surface area contributed by atoms with Gasteiger partial charge in [-0.15, -0.1) is 0 Å². The number of halogens is 2. The summed E-state index contributed by atoms with van der Waals surface area (Å²) in [5, 5.41) is 2.84. The maximum atomic E-state index is 13.2. The Morgan fingerprint density at radius 2 is 2.00 bits per heavy atom. The molecule has 0 spiro atoms. The van der Waals surface area contributed by atoms with E-state index in [-0.39, 0.29) is 23.7 Å². The standard InChI is InChI=1S/C10H10BrFN6O/c1-19-10-16-8(15-9(17-10)18-13)14-7-4-5(12)2-3-6(7)11/h2-4H,13H2,1H3,(H2,14,15,16,17,18). The minimum Gasteiger partial charge on any atom is -0.467 e. The van der Waals surface area contributed by atoms with Crippen LogP contribution in [0.25, 0.3) is 0 Å². The fourth-order valence-corrected chi connectivity index (χ4v) is 1.63. The van der Waals surface area contributed by atoms with Crippen LogP contribution in [-0.4, -0.2) is 22.1 Å². The molecule has 2 aromatic rings. The minimum absolute atomic E-state index is 0.0815. The number of nitrogens with zero attached hydrogens (tertiary/aromatic N) is 3. The van der Waals surface area contributed by atoms with Gasteiger partial charge in [0.1, 0.15) is 5.82 Å². The van der Waals surface area contributed by atoms with Gasteiger partial charge in [-0.2, -0.15) is 15.0 Å². The Kier molecular flexibility index (Phi) is 4.07. The highest BCUT2D eigenvalue weighted by molar-refractivity contribution is 9.10. The number of nitrogens with two attached hydrogens (primary N) is 1. The van der Waals surface area contributed by atoms with E-state index in [1.165, 1.54) is 19.2 Å². The summed E-state index contributed by atoms with van der Waals surface area (Å²) in [5.41, 5.74) is 2.75. The molecule has 7 nitrogen and oxygen atoms in total. The van der Waals surface area contributed by atoms with Crippen molar-refractivity contribution < 1.29 is 9.13 Å². The molecule has 0 bridgehead atoms. The van der Waals surface area contributed by atoms with Gasteiger partial charge in [0.15, 0.2) is 0 Å². The van der Waals surface area contributed by atoms with E-state index in [0.29, 0.717) is 10.2 Å². The first kappa shape index (κ1) is 13.4. The number of nitrogen functional groups attached to an aromatic ring is 1. The van der Waals surface area contributed by atoms with E-state index in [0.717, 1.165) is 0 Å². The van der Waals surface area contributed by atoms with E-state index in [2.05, 4.69) is 41.6 Å². The van der Waals surface area contributed by atoms with Gasteiger partial charge in [0.2, 0.25) is 11.9 Å².